The van der Waals surface area contributed by atoms with Gasteiger partial charge in [0.1, 0.15) is 36.6 Å². The molecule has 0 aliphatic heterocycles. The lowest BCUT2D eigenvalue weighted by Crippen LogP contribution is -2.63. The zero-order valence-corrected chi connectivity index (χ0v) is 18.5. The number of aliphatic hydroxyl groups excluding tert-OH is 6. The minimum absolute atomic E-state index is 1.64. The van der Waals surface area contributed by atoms with E-state index in [-0.39, 0.29) is 0 Å². The normalized spacial score (nSPS) is 28.2. The van der Waals surface area contributed by atoms with E-state index in [0.29, 0.717) is 0 Å². The Morgan fingerprint density at radius 2 is 0.312 bits per heavy atom. The molecular weight excluding hydrogens is 548 g/mol. The first-order valence-corrected chi connectivity index (χ1v) is 12.9. The van der Waals surface area contributed by atoms with Gasteiger partial charge in [0.25, 0.3) is 0 Å². The van der Waals surface area contributed by atoms with Crippen molar-refractivity contribution in [3.05, 3.63) is 0 Å². The molecule has 18 N–H and O–H groups in total. The predicted octanol–water partition coefficient (Wildman–Crippen LogP) is -7.55. The molecule has 0 heterocycles. The highest BCUT2D eigenvalue weighted by Crippen LogP contribution is 2.27. The van der Waals surface area contributed by atoms with Crippen LogP contribution in [0.2, 0.25) is 0 Å². The van der Waals surface area contributed by atoms with E-state index in [2.05, 4.69) is 0 Å². The molecule has 0 aromatic carbocycles. The SMILES string of the molecule is O=P(O)(O)O.O=P(O)(O)O.O=P(O)(O)O.O=P(O)(O)O.OC1C(O)C(O)C(O)C(O)C1O. The van der Waals surface area contributed by atoms with Gasteiger partial charge in [-0.15, -0.1) is 0 Å². The van der Waals surface area contributed by atoms with Crippen LogP contribution in [-0.4, -0.2) is 126 Å². The van der Waals surface area contributed by atoms with E-state index in [0.717, 1.165) is 0 Å². The molecule has 0 saturated heterocycles. The highest BCUT2D eigenvalue weighted by molar-refractivity contribution is 7.45. The van der Waals surface area contributed by atoms with Gasteiger partial charge >= 0.3 is 31.3 Å². The Morgan fingerprint density at radius 1 is 0.281 bits per heavy atom. The third-order valence-electron chi connectivity index (χ3n) is 2.10. The minimum Gasteiger partial charge on any atom is -0.387 e. The Kier molecular flexibility index (Phi) is 19.7. The summed E-state index contributed by atoms with van der Waals surface area (Å²) in [5, 5.41) is 53.8. The number of rotatable bonds is 0. The Morgan fingerprint density at radius 3 is 0.344 bits per heavy atom. The number of hydrogen-bond acceptors (Lipinski definition) is 10. The first-order valence-electron chi connectivity index (χ1n) is 6.68. The molecule has 22 nitrogen and oxygen atoms in total. The van der Waals surface area contributed by atoms with E-state index in [1.807, 2.05) is 0 Å². The Balaban J connectivity index is -0.000000167. The smallest absolute Gasteiger partial charge is 0.387 e. The summed E-state index contributed by atoms with van der Waals surface area (Å²) in [6, 6.07) is 0. The van der Waals surface area contributed by atoms with Crippen LogP contribution in [-0.2, 0) is 18.3 Å². The lowest BCUT2D eigenvalue weighted by atomic mass is 9.85. The van der Waals surface area contributed by atoms with E-state index in [1.54, 1.807) is 0 Å². The highest BCUT2D eigenvalue weighted by Gasteiger charge is 2.47. The maximum atomic E-state index is 8.97. The summed E-state index contributed by atoms with van der Waals surface area (Å²) >= 11 is 0. The number of phosphoric acid groups is 4. The molecule has 200 valence electrons. The third-order valence-corrected chi connectivity index (χ3v) is 2.10. The van der Waals surface area contributed by atoms with Gasteiger partial charge in [-0.3, -0.25) is 0 Å². The van der Waals surface area contributed by atoms with Crippen molar-refractivity contribution in [1.82, 2.24) is 0 Å². The van der Waals surface area contributed by atoms with Crippen LogP contribution in [0.4, 0.5) is 0 Å². The third kappa shape index (κ3) is 44.0. The lowest BCUT2D eigenvalue weighted by Gasteiger charge is -2.39. The standard InChI is InChI=1S/C6H12O6.4H3O4P/c7-1-2(8)4(10)6(12)5(11)3(1)9;4*1-5(2,3)4/h1-12H;4*(H3,1,2,3,4). The molecule has 32 heavy (non-hydrogen) atoms. The summed E-state index contributed by atoms with van der Waals surface area (Å²) in [6.07, 6.45) is -9.84. The molecule has 0 atom stereocenters. The van der Waals surface area contributed by atoms with Crippen LogP contribution in [0.15, 0.2) is 0 Å². The zero-order chi connectivity index (χ0) is 27.5. The monoisotopic (exact) mass is 572 g/mol. The summed E-state index contributed by atoms with van der Waals surface area (Å²) in [6.45, 7) is 0. The molecule has 1 aliphatic carbocycles. The first-order chi connectivity index (χ1) is 13.5. The zero-order valence-electron chi connectivity index (χ0n) is 14.9. The first kappa shape index (κ1) is 39.4. The molecular formula is C6H24O22P4. The molecule has 26 heteroatoms. The van der Waals surface area contributed by atoms with Crippen molar-refractivity contribution in [1.29, 1.82) is 0 Å². The molecule has 0 spiro atoms. The summed E-state index contributed by atoms with van der Waals surface area (Å²) in [5.41, 5.74) is 0. The summed E-state index contributed by atoms with van der Waals surface area (Å²) in [5.74, 6) is 0. The lowest BCUT2D eigenvalue weighted by molar-refractivity contribution is -0.223. The van der Waals surface area contributed by atoms with Gasteiger partial charge in [0.05, 0.1) is 0 Å². The van der Waals surface area contributed by atoms with Gasteiger partial charge in [0, 0.05) is 0 Å². The van der Waals surface area contributed by atoms with Crippen LogP contribution in [0.3, 0.4) is 0 Å². The molecule has 0 aromatic heterocycles. The molecule has 0 unspecified atom stereocenters. The van der Waals surface area contributed by atoms with E-state index in [1.165, 1.54) is 0 Å². The van der Waals surface area contributed by atoms with Crippen molar-refractivity contribution < 1.29 is 108 Å². The highest BCUT2D eigenvalue weighted by atomic mass is 31.2. The van der Waals surface area contributed by atoms with Crippen molar-refractivity contribution >= 4 is 31.3 Å². The van der Waals surface area contributed by atoms with Gasteiger partial charge in [-0.2, -0.15) is 0 Å². The van der Waals surface area contributed by atoms with Crippen LogP contribution in [0.5, 0.6) is 0 Å². The number of hydrogen-bond donors (Lipinski definition) is 18. The van der Waals surface area contributed by atoms with E-state index < -0.39 is 67.9 Å². The van der Waals surface area contributed by atoms with E-state index >= 15 is 0 Å². The number of aliphatic hydroxyl groups is 6. The van der Waals surface area contributed by atoms with Crippen LogP contribution < -0.4 is 0 Å². The van der Waals surface area contributed by atoms with Gasteiger partial charge < -0.3 is 89.4 Å². The molecule has 0 amide bonds. The minimum atomic E-state index is -4.64. The average Bonchev–Trinajstić information content (AvgIpc) is 2.42. The predicted molar refractivity (Wildman–Crippen MR) is 93.1 cm³/mol. The summed E-state index contributed by atoms with van der Waals surface area (Å²) in [4.78, 5) is 86.2. The van der Waals surface area contributed by atoms with E-state index in [4.69, 9.17) is 108 Å². The fourth-order valence-corrected chi connectivity index (χ4v) is 1.21. The maximum Gasteiger partial charge on any atom is 0.466 e. The molecule has 0 radical (unpaired) electrons. The molecule has 1 fully saturated rings. The van der Waals surface area contributed by atoms with Crippen molar-refractivity contribution in [3.8, 4) is 0 Å². The van der Waals surface area contributed by atoms with Crippen molar-refractivity contribution in [3.63, 3.8) is 0 Å². The second kappa shape index (κ2) is 16.0. The van der Waals surface area contributed by atoms with Crippen LogP contribution in [0.25, 0.3) is 0 Å². The molecule has 1 aliphatic rings. The molecule has 0 bridgehead atoms. The van der Waals surface area contributed by atoms with Crippen molar-refractivity contribution in [2.75, 3.05) is 0 Å². The topological polar surface area (TPSA) is 432 Å². The Labute approximate surface area is 176 Å². The van der Waals surface area contributed by atoms with Crippen LogP contribution in [0, 0.1) is 0 Å². The molecule has 1 rings (SSSR count). The quantitative estimate of drug-likeness (QED) is 0.120. The summed E-state index contributed by atoms with van der Waals surface area (Å²) in [7, 11) is -18.6. The van der Waals surface area contributed by atoms with Crippen molar-refractivity contribution in [2.24, 2.45) is 0 Å². The Bertz CT molecular complexity index is 498. The van der Waals surface area contributed by atoms with Gasteiger partial charge in [-0.25, -0.2) is 18.3 Å². The van der Waals surface area contributed by atoms with E-state index in [9.17, 15) is 0 Å². The fraction of sp³-hybridized carbons (Fsp3) is 1.00. The van der Waals surface area contributed by atoms with Crippen molar-refractivity contribution in [2.45, 2.75) is 36.6 Å². The second-order valence-electron chi connectivity index (χ2n) is 5.00. The fourth-order valence-electron chi connectivity index (χ4n) is 1.21. The summed E-state index contributed by atoms with van der Waals surface area (Å²) < 4.78 is 35.5. The Hall–Kier alpha value is 0.200. The molecule has 1 saturated carbocycles. The maximum absolute atomic E-state index is 8.97. The van der Waals surface area contributed by atoms with Gasteiger partial charge in [0.2, 0.25) is 0 Å². The largest absolute Gasteiger partial charge is 0.466 e. The van der Waals surface area contributed by atoms with Crippen LogP contribution in [0.1, 0.15) is 0 Å². The average molecular weight is 572 g/mol. The van der Waals surface area contributed by atoms with Gasteiger partial charge in [-0.1, -0.05) is 0 Å². The van der Waals surface area contributed by atoms with Gasteiger partial charge in [0.15, 0.2) is 0 Å². The molecule has 0 aromatic rings. The second-order valence-corrected chi connectivity index (χ2v) is 9.10. The van der Waals surface area contributed by atoms with Gasteiger partial charge in [-0.05, 0) is 0 Å². The van der Waals surface area contributed by atoms with Crippen LogP contribution >= 0.6 is 31.3 Å².